The molecule has 2 amide bonds. The van der Waals surface area contributed by atoms with Gasteiger partial charge in [0.05, 0.1) is 19.6 Å². The van der Waals surface area contributed by atoms with Crippen molar-refractivity contribution >= 4 is 17.8 Å². The minimum Gasteiger partial charge on any atom is -0.466 e. The molecule has 6 heteroatoms. The Morgan fingerprint density at radius 1 is 1.41 bits per heavy atom. The SMILES string of the molecule is CCOC(=O)CCC(=O)N1CCCNC(=O)C1. The predicted octanol–water partition coefficient (Wildman–Crippen LogP) is -0.322. The van der Waals surface area contributed by atoms with Crippen LogP contribution in [0.25, 0.3) is 0 Å². The first-order chi connectivity index (χ1) is 8.13. The zero-order valence-corrected chi connectivity index (χ0v) is 10.0. The van der Waals surface area contributed by atoms with Crippen molar-refractivity contribution in [2.75, 3.05) is 26.2 Å². The summed E-state index contributed by atoms with van der Waals surface area (Å²) < 4.78 is 4.74. The van der Waals surface area contributed by atoms with Crippen LogP contribution in [-0.2, 0) is 19.1 Å². The third-order valence-electron chi connectivity index (χ3n) is 2.46. The summed E-state index contributed by atoms with van der Waals surface area (Å²) in [4.78, 5) is 35.6. The van der Waals surface area contributed by atoms with Gasteiger partial charge in [-0.3, -0.25) is 14.4 Å². The second-order valence-electron chi connectivity index (χ2n) is 3.82. The lowest BCUT2D eigenvalue weighted by Crippen LogP contribution is -2.37. The molecule has 0 aromatic rings. The molecular weight excluding hydrogens is 224 g/mol. The van der Waals surface area contributed by atoms with Gasteiger partial charge in [0, 0.05) is 19.5 Å². The van der Waals surface area contributed by atoms with Crippen LogP contribution in [0.2, 0.25) is 0 Å². The van der Waals surface area contributed by atoms with E-state index in [0.29, 0.717) is 19.7 Å². The quantitative estimate of drug-likeness (QED) is 0.685. The molecule has 17 heavy (non-hydrogen) atoms. The number of carbonyl (C=O) groups excluding carboxylic acids is 3. The summed E-state index contributed by atoms with van der Waals surface area (Å²) in [6.07, 6.45) is 0.924. The van der Waals surface area contributed by atoms with Crippen LogP contribution >= 0.6 is 0 Å². The minimum absolute atomic E-state index is 0.0742. The maximum atomic E-state index is 11.7. The van der Waals surface area contributed by atoms with Gasteiger partial charge in [-0.25, -0.2) is 0 Å². The Labute approximate surface area is 100 Å². The van der Waals surface area contributed by atoms with Gasteiger partial charge in [-0.05, 0) is 13.3 Å². The Morgan fingerprint density at radius 3 is 2.88 bits per heavy atom. The fourth-order valence-electron chi connectivity index (χ4n) is 1.62. The molecule has 1 saturated heterocycles. The molecular formula is C11H18N2O4. The molecule has 0 spiro atoms. The molecule has 0 bridgehead atoms. The van der Waals surface area contributed by atoms with Crippen molar-refractivity contribution in [3.63, 3.8) is 0 Å². The average molecular weight is 242 g/mol. The van der Waals surface area contributed by atoms with E-state index in [1.807, 2.05) is 0 Å². The summed E-state index contributed by atoms with van der Waals surface area (Å²) in [7, 11) is 0. The van der Waals surface area contributed by atoms with Gasteiger partial charge in [0.15, 0.2) is 0 Å². The normalized spacial score (nSPS) is 16.1. The molecule has 1 rings (SSSR count). The summed E-state index contributed by atoms with van der Waals surface area (Å²) >= 11 is 0. The molecule has 1 aliphatic rings. The summed E-state index contributed by atoms with van der Waals surface area (Å²) in [6, 6.07) is 0. The van der Waals surface area contributed by atoms with E-state index in [2.05, 4.69) is 5.32 Å². The minimum atomic E-state index is -0.375. The Morgan fingerprint density at radius 2 is 2.18 bits per heavy atom. The smallest absolute Gasteiger partial charge is 0.306 e. The number of carbonyl (C=O) groups is 3. The van der Waals surface area contributed by atoms with Crippen molar-refractivity contribution in [3.8, 4) is 0 Å². The number of hydrogen-bond donors (Lipinski definition) is 1. The molecule has 6 nitrogen and oxygen atoms in total. The zero-order chi connectivity index (χ0) is 12.7. The van der Waals surface area contributed by atoms with E-state index in [1.54, 1.807) is 6.92 Å². The number of nitrogens with one attached hydrogen (secondary N) is 1. The van der Waals surface area contributed by atoms with E-state index in [0.717, 1.165) is 6.42 Å². The number of hydrogen-bond acceptors (Lipinski definition) is 4. The first-order valence-corrected chi connectivity index (χ1v) is 5.83. The van der Waals surface area contributed by atoms with Crippen LogP contribution < -0.4 is 5.32 Å². The average Bonchev–Trinajstić information content (AvgIpc) is 2.51. The second kappa shape index (κ2) is 6.88. The van der Waals surface area contributed by atoms with E-state index >= 15 is 0 Å². The van der Waals surface area contributed by atoms with Crippen LogP contribution in [0.4, 0.5) is 0 Å². The fraction of sp³-hybridized carbons (Fsp3) is 0.727. The first-order valence-electron chi connectivity index (χ1n) is 5.83. The summed E-state index contributed by atoms with van der Waals surface area (Å²) in [5.41, 5.74) is 0. The van der Waals surface area contributed by atoms with E-state index in [-0.39, 0.29) is 37.2 Å². The van der Waals surface area contributed by atoms with E-state index < -0.39 is 0 Å². The van der Waals surface area contributed by atoms with Crippen molar-refractivity contribution in [1.29, 1.82) is 0 Å². The number of ether oxygens (including phenoxy) is 1. The molecule has 0 atom stereocenters. The van der Waals surface area contributed by atoms with Crippen molar-refractivity contribution in [1.82, 2.24) is 10.2 Å². The Hall–Kier alpha value is -1.59. The van der Waals surface area contributed by atoms with Crippen molar-refractivity contribution < 1.29 is 19.1 Å². The van der Waals surface area contributed by atoms with Crippen LogP contribution in [0, 0.1) is 0 Å². The van der Waals surface area contributed by atoms with Crippen molar-refractivity contribution in [3.05, 3.63) is 0 Å². The van der Waals surface area contributed by atoms with Crippen LogP contribution in [0.15, 0.2) is 0 Å². The molecule has 0 aromatic carbocycles. The molecule has 0 radical (unpaired) electrons. The molecule has 96 valence electrons. The highest BCUT2D eigenvalue weighted by molar-refractivity contribution is 5.86. The lowest BCUT2D eigenvalue weighted by atomic mass is 10.2. The van der Waals surface area contributed by atoms with Crippen LogP contribution in [0.5, 0.6) is 0 Å². The topological polar surface area (TPSA) is 75.7 Å². The molecule has 0 aromatic heterocycles. The van der Waals surface area contributed by atoms with Crippen LogP contribution in [0.3, 0.4) is 0 Å². The van der Waals surface area contributed by atoms with E-state index in [9.17, 15) is 14.4 Å². The third-order valence-corrected chi connectivity index (χ3v) is 2.46. The first kappa shape index (κ1) is 13.5. The summed E-state index contributed by atoms with van der Waals surface area (Å²) in [5.74, 6) is -0.692. The molecule has 1 fully saturated rings. The van der Waals surface area contributed by atoms with Gasteiger partial charge in [-0.1, -0.05) is 0 Å². The molecule has 0 aliphatic carbocycles. The monoisotopic (exact) mass is 242 g/mol. The number of esters is 1. The van der Waals surface area contributed by atoms with Gasteiger partial charge in [0.2, 0.25) is 11.8 Å². The zero-order valence-electron chi connectivity index (χ0n) is 10.0. The van der Waals surface area contributed by atoms with Gasteiger partial charge < -0.3 is 15.0 Å². The lowest BCUT2D eigenvalue weighted by Gasteiger charge is -2.18. The van der Waals surface area contributed by atoms with E-state index in [4.69, 9.17) is 4.74 Å². The molecule has 0 saturated carbocycles. The Balaban J connectivity index is 2.35. The van der Waals surface area contributed by atoms with Gasteiger partial charge in [0.25, 0.3) is 0 Å². The fourth-order valence-corrected chi connectivity index (χ4v) is 1.62. The maximum absolute atomic E-state index is 11.7. The van der Waals surface area contributed by atoms with Gasteiger partial charge >= 0.3 is 5.97 Å². The highest BCUT2D eigenvalue weighted by Gasteiger charge is 2.20. The predicted molar refractivity (Wildman–Crippen MR) is 60.1 cm³/mol. The number of nitrogens with zero attached hydrogens (tertiary/aromatic N) is 1. The summed E-state index contributed by atoms with van der Waals surface area (Å²) in [5, 5.41) is 2.69. The third kappa shape index (κ3) is 4.84. The van der Waals surface area contributed by atoms with Gasteiger partial charge in [0.1, 0.15) is 0 Å². The van der Waals surface area contributed by atoms with E-state index in [1.165, 1.54) is 4.90 Å². The highest BCUT2D eigenvalue weighted by atomic mass is 16.5. The highest BCUT2D eigenvalue weighted by Crippen LogP contribution is 2.03. The van der Waals surface area contributed by atoms with Gasteiger partial charge in [-0.15, -0.1) is 0 Å². The number of amides is 2. The van der Waals surface area contributed by atoms with Crippen molar-refractivity contribution in [2.45, 2.75) is 26.2 Å². The number of rotatable bonds is 4. The van der Waals surface area contributed by atoms with Crippen LogP contribution in [-0.4, -0.2) is 48.9 Å². The van der Waals surface area contributed by atoms with Gasteiger partial charge in [-0.2, -0.15) is 0 Å². The Kier molecular flexibility index (Phi) is 5.45. The summed E-state index contributed by atoms with van der Waals surface area (Å²) in [6.45, 7) is 3.28. The second-order valence-corrected chi connectivity index (χ2v) is 3.82. The molecule has 1 heterocycles. The molecule has 0 unspecified atom stereocenters. The van der Waals surface area contributed by atoms with Crippen molar-refractivity contribution in [2.24, 2.45) is 0 Å². The molecule has 1 N–H and O–H groups in total. The lowest BCUT2D eigenvalue weighted by molar-refractivity contribution is -0.145. The molecule has 1 aliphatic heterocycles. The standard InChI is InChI=1S/C11H18N2O4/c1-2-17-11(16)5-4-10(15)13-7-3-6-12-9(14)8-13/h2-8H2,1H3,(H,12,14). The maximum Gasteiger partial charge on any atom is 0.306 e. The van der Waals surface area contributed by atoms with Crippen LogP contribution in [0.1, 0.15) is 26.2 Å². The largest absolute Gasteiger partial charge is 0.466 e. The Bertz CT molecular complexity index is 304.